The van der Waals surface area contributed by atoms with Crippen LogP contribution in [-0.2, 0) is 6.61 Å². The lowest BCUT2D eigenvalue weighted by atomic mass is 10.1. The molecule has 0 unspecified atom stereocenters. The zero-order chi connectivity index (χ0) is 16.2. The Morgan fingerprint density at radius 3 is 2.39 bits per heavy atom. The number of benzene rings is 2. The number of hydrogen-bond acceptors (Lipinski definition) is 2. The van der Waals surface area contributed by atoms with Crippen LogP contribution in [0.2, 0.25) is 10.0 Å². The molecule has 1 aliphatic heterocycles. The number of rotatable bonds is 4. The molecule has 0 atom stereocenters. The van der Waals surface area contributed by atoms with E-state index in [2.05, 4.69) is 0 Å². The molecule has 23 heavy (non-hydrogen) atoms. The third kappa shape index (κ3) is 3.98. The molecular weight excluding hydrogens is 333 g/mol. The number of nitrogens with zero attached hydrogens (tertiary/aromatic N) is 1. The first-order valence-electron chi connectivity index (χ1n) is 7.59. The fraction of sp³-hybridized carbons (Fsp3) is 0.278. The first-order chi connectivity index (χ1) is 11.1. The molecule has 2 aromatic carbocycles. The van der Waals surface area contributed by atoms with Gasteiger partial charge in [0.15, 0.2) is 0 Å². The fourth-order valence-electron chi connectivity index (χ4n) is 2.60. The number of carbonyl (C=O) groups is 1. The second kappa shape index (κ2) is 7.24. The van der Waals surface area contributed by atoms with E-state index in [1.54, 1.807) is 18.2 Å². The van der Waals surface area contributed by atoms with E-state index >= 15 is 0 Å². The molecule has 1 aliphatic rings. The van der Waals surface area contributed by atoms with Gasteiger partial charge < -0.3 is 9.64 Å². The molecule has 0 spiro atoms. The Morgan fingerprint density at radius 2 is 1.74 bits per heavy atom. The lowest BCUT2D eigenvalue weighted by Gasteiger charge is -2.15. The molecule has 3 nitrogen and oxygen atoms in total. The summed E-state index contributed by atoms with van der Waals surface area (Å²) in [4.78, 5) is 14.2. The summed E-state index contributed by atoms with van der Waals surface area (Å²) in [6.45, 7) is 2.11. The summed E-state index contributed by atoms with van der Waals surface area (Å²) in [7, 11) is 0. The van der Waals surface area contributed by atoms with Gasteiger partial charge in [0.25, 0.3) is 5.91 Å². The van der Waals surface area contributed by atoms with Crippen molar-refractivity contribution in [3.8, 4) is 5.75 Å². The Balaban J connectivity index is 1.62. The third-order valence-electron chi connectivity index (χ3n) is 3.88. The Labute approximate surface area is 145 Å². The van der Waals surface area contributed by atoms with Gasteiger partial charge in [-0.15, -0.1) is 0 Å². The zero-order valence-electron chi connectivity index (χ0n) is 12.6. The summed E-state index contributed by atoms with van der Waals surface area (Å²) in [5.41, 5.74) is 1.70. The van der Waals surface area contributed by atoms with Crippen molar-refractivity contribution in [1.82, 2.24) is 4.90 Å². The number of hydrogen-bond donors (Lipinski definition) is 0. The molecule has 2 aromatic rings. The number of amides is 1. The molecule has 0 aliphatic carbocycles. The van der Waals surface area contributed by atoms with Crippen LogP contribution >= 0.6 is 23.2 Å². The standard InChI is InChI=1S/C18H17Cl2NO2/c19-15-7-8-17(16(20)11-15)23-12-13-3-5-14(6-4-13)18(22)21-9-1-2-10-21/h3-8,11H,1-2,9-10,12H2. The molecule has 0 radical (unpaired) electrons. The van der Waals surface area contributed by atoms with Crippen LogP contribution in [0.5, 0.6) is 5.75 Å². The van der Waals surface area contributed by atoms with Crippen LogP contribution in [0.1, 0.15) is 28.8 Å². The van der Waals surface area contributed by atoms with Crippen LogP contribution in [0.15, 0.2) is 42.5 Å². The van der Waals surface area contributed by atoms with Crippen molar-refractivity contribution in [2.75, 3.05) is 13.1 Å². The summed E-state index contributed by atoms with van der Waals surface area (Å²) in [5, 5.41) is 1.06. The Hall–Kier alpha value is -1.71. The Bertz CT molecular complexity index is 695. The van der Waals surface area contributed by atoms with E-state index in [-0.39, 0.29) is 5.91 Å². The normalized spacial score (nSPS) is 14.1. The molecule has 1 saturated heterocycles. The summed E-state index contributed by atoms with van der Waals surface area (Å²) < 4.78 is 5.69. The number of carbonyl (C=O) groups excluding carboxylic acids is 1. The minimum absolute atomic E-state index is 0.107. The largest absolute Gasteiger partial charge is 0.487 e. The van der Waals surface area contributed by atoms with Crippen molar-refractivity contribution in [2.24, 2.45) is 0 Å². The summed E-state index contributed by atoms with van der Waals surface area (Å²) in [6.07, 6.45) is 2.19. The minimum Gasteiger partial charge on any atom is -0.487 e. The quantitative estimate of drug-likeness (QED) is 0.792. The van der Waals surface area contributed by atoms with Gasteiger partial charge in [-0.1, -0.05) is 35.3 Å². The maximum atomic E-state index is 12.3. The highest BCUT2D eigenvalue weighted by atomic mass is 35.5. The molecule has 3 rings (SSSR count). The van der Waals surface area contributed by atoms with Gasteiger partial charge in [-0.25, -0.2) is 0 Å². The van der Waals surface area contributed by atoms with Crippen LogP contribution in [-0.4, -0.2) is 23.9 Å². The number of halogens is 2. The van der Waals surface area contributed by atoms with Crippen LogP contribution in [0.3, 0.4) is 0 Å². The van der Waals surface area contributed by atoms with Crippen molar-refractivity contribution in [3.05, 3.63) is 63.6 Å². The van der Waals surface area contributed by atoms with E-state index in [4.69, 9.17) is 27.9 Å². The summed E-state index contributed by atoms with van der Waals surface area (Å²) in [6, 6.07) is 12.7. The minimum atomic E-state index is 0.107. The predicted molar refractivity (Wildman–Crippen MR) is 92.4 cm³/mol. The van der Waals surface area contributed by atoms with Crippen LogP contribution in [0, 0.1) is 0 Å². The van der Waals surface area contributed by atoms with E-state index in [0.29, 0.717) is 22.4 Å². The second-order valence-electron chi connectivity index (χ2n) is 5.56. The van der Waals surface area contributed by atoms with Gasteiger partial charge in [-0.3, -0.25) is 4.79 Å². The molecule has 1 fully saturated rings. The average Bonchev–Trinajstić information content (AvgIpc) is 3.08. The maximum absolute atomic E-state index is 12.3. The van der Waals surface area contributed by atoms with E-state index in [9.17, 15) is 4.79 Å². The molecule has 5 heteroatoms. The van der Waals surface area contributed by atoms with Crippen LogP contribution < -0.4 is 4.74 Å². The van der Waals surface area contributed by atoms with Gasteiger partial charge >= 0.3 is 0 Å². The SMILES string of the molecule is O=C(c1ccc(COc2ccc(Cl)cc2Cl)cc1)N1CCCC1. The van der Waals surface area contributed by atoms with Crippen LogP contribution in [0.25, 0.3) is 0 Å². The summed E-state index contributed by atoms with van der Waals surface area (Å²) in [5.74, 6) is 0.698. The van der Waals surface area contributed by atoms with Crippen molar-refractivity contribution < 1.29 is 9.53 Å². The molecule has 1 amide bonds. The van der Waals surface area contributed by atoms with Crippen molar-refractivity contribution in [1.29, 1.82) is 0 Å². The number of ether oxygens (including phenoxy) is 1. The van der Waals surface area contributed by atoms with Gasteiger partial charge in [0.2, 0.25) is 0 Å². The topological polar surface area (TPSA) is 29.5 Å². The first kappa shape index (κ1) is 16.2. The smallest absolute Gasteiger partial charge is 0.253 e. The van der Waals surface area contributed by atoms with Gasteiger partial charge in [0, 0.05) is 23.7 Å². The molecule has 0 N–H and O–H groups in total. The van der Waals surface area contributed by atoms with Gasteiger partial charge in [-0.05, 0) is 48.7 Å². The van der Waals surface area contributed by atoms with E-state index in [0.717, 1.165) is 37.1 Å². The van der Waals surface area contributed by atoms with E-state index in [1.807, 2.05) is 29.2 Å². The summed E-state index contributed by atoms with van der Waals surface area (Å²) >= 11 is 11.9. The Kier molecular flexibility index (Phi) is 5.09. The predicted octanol–water partition coefficient (Wildman–Crippen LogP) is 4.81. The van der Waals surface area contributed by atoms with Gasteiger partial charge in [-0.2, -0.15) is 0 Å². The van der Waals surface area contributed by atoms with Crippen LogP contribution in [0.4, 0.5) is 0 Å². The fourth-order valence-corrected chi connectivity index (χ4v) is 3.06. The van der Waals surface area contributed by atoms with Gasteiger partial charge in [0.1, 0.15) is 12.4 Å². The molecule has 1 heterocycles. The highest BCUT2D eigenvalue weighted by Gasteiger charge is 2.19. The first-order valence-corrected chi connectivity index (χ1v) is 8.35. The van der Waals surface area contributed by atoms with Crippen molar-refractivity contribution >= 4 is 29.1 Å². The molecule has 0 aromatic heterocycles. The Morgan fingerprint density at radius 1 is 1.04 bits per heavy atom. The van der Waals surface area contributed by atoms with Gasteiger partial charge in [0.05, 0.1) is 5.02 Å². The van der Waals surface area contributed by atoms with E-state index < -0.39 is 0 Å². The average molecular weight is 350 g/mol. The number of likely N-dealkylation sites (tertiary alicyclic amines) is 1. The third-order valence-corrected chi connectivity index (χ3v) is 4.41. The maximum Gasteiger partial charge on any atom is 0.253 e. The molecular formula is C18H17Cl2NO2. The lowest BCUT2D eigenvalue weighted by molar-refractivity contribution is 0.0793. The van der Waals surface area contributed by atoms with Crippen molar-refractivity contribution in [3.63, 3.8) is 0 Å². The highest BCUT2D eigenvalue weighted by molar-refractivity contribution is 6.35. The molecule has 0 bridgehead atoms. The monoisotopic (exact) mass is 349 g/mol. The zero-order valence-corrected chi connectivity index (χ0v) is 14.1. The highest BCUT2D eigenvalue weighted by Crippen LogP contribution is 2.28. The lowest BCUT2D eigenvalue weighted by Crippen LogP contribution is -2.27. The van der Waals surface area contributed by atoms with E-state index in [1.165, 1.54) is 0 Å². The molecule has 0 saturated carbocycles. The van der Waals surface area contributed by atoms with Crippen molar-refractivity contribution in [2.45, 2.75) is 19.4 Å². The molecule has 120 valence electrons. The second-order valence-corrected chi connectivity index (χ2v) is 6.40.